The van der Waals surface area contributed by atoms with Gasteiger partial charge in [0.05, 0.1) is 13.1 Å². The molecule has 2 heteroatoms. The Labute approximate surface area is 146 Å². The average molecular weight is 324 g/mol. The van der Waals surface area contributed by atoms with E-state index in [4.69, 9.17) is 0 Å². The van der Waals surface area contributed by atoms with Crippen LogP contribution in [0.2, 0.25) is 0 Å². The molecule has 0 bridgehead atoms. The second-order valence-electron chi connectivity index (χ2n) is 7.78. The van der Waals surface area contributed by atoms with Crippen LogP contribution in [0, 0.1) is 11.8 Å². The molecular weight excluding hydrogens is 294 g/mol. The summed E-state index contributed by atoms with van der Waals surface area (Å²) in [7, 11) is 0. The van der Waals surface area contributed by atoms with Crippen LogP contribution < -0.4 is 0 Å². The highest BCUT2D eigenvalue weighted by Crippen LogP contribution is 2.38. The Kier molecular flexibility index (Phi) is 5.07. The van der Waals surface area contributed by atoms with E-state index in [9.17, 15) is 5.11 Å². The molecule has 24 heavy (non-hydrogen) atoms. The van der Waals surface area contributed by atoms with Crippen molar-refractivity contribution in [1.29, 1.82) is 0 Å². The Morgan fingerprint density at radius 1 is 0.917 bits per heavy atom. The summed E-state index contributed by atoms with van der Waals surface area (Å²) in [6.45, 7) is 10.2. The van der Waals surface area contributed by atoms with Gasteiger partial charge in [0.25, 0.3) is 0 Å². The molecule has 2 aromatic rings. The van der Waals surface area contributed by atoms with Crippen LogP contribution in [0.5, 0.6) is 0 Å². The van der Waals surface area contributed by atoms with Gasteiger partial charge in [-0.05, 0) is 12.5 Å². The van der Waals surface area contributed by atoms with Crippen LogP contribution in [-0.4, -0.2) is 28.7 Å². The first-order chi connectivity index (χ1) is 11.5. The minimum Gasteiger partial charge on any atom is -0.382 e. The monoisotopic (exact) mass is 324 g/mol. The zero-order chi connectivity index (χ0) is 17.2. The van der Waals surface area contributed by atoms with E-state index in [1.165, 1.54) is 5.56 Å². The van der Waals surface area contributed by atoms with Crippen LogP contribution in [0.1, 0.15) is 38.0 Å². The van der Waals surface area contributed by atoms with E-state index in [0.29, 0.717) is 11.8 Å². The van der Waals surface area contributed by atoms with Crippen LogP contribution >= 0.6 is 0 Å². The molecule has 1 N–H and O–H groups in total. The zero-order valence-electron chi connectivity index (χ0n) is 15.1. The Hall–Kier alpha value is -1.64. The summed E-state index contributed by atoms with van der Waals surface area (Å²) in [4.78, 5) is 0. The quantitative estimate of drug-likeness (QED) is 0.808. The molecule has 1 aliphatic heterocycles. The normalized spacial score (nSPS) is 25.3. The average Bonchev–Trinajstić information content (AvgIpc) is 2.90. The van der Waals surface area contributed by atoms with Crippen LogP contribution in [0.15, 0.2) is 60.7 Å². The van der Waals surface area contributed by atoms with Gasteiger partial charge in [-0.3, -0.25) is 0 Å². The van der Waals surface area contributed by atoms with E-state index in [1.807, 2.05) is 30.3 Å². The Balaban J connectivity index is 1.90. The minimum absolute atomic E-state index is 0.181. The summed E-state index contributed by atoms with van der Waals surface area (Å²) in [6, 6.07) is 21.1. The van der Waals surface area contributed by atoms with E-state index in [2.05, 4.69) is 51.1 Å². The molecule has 2 nitrogen and oxygen atoms in total. The number of nitrogens with zero attached hydrogens (tertiary/aromatic N) is 1. The van der Waals surface area contributed by atoms with Gasteiger partial charge in [0, 0.05) is 17.4 Å². The molecule has 0 aromatic heterocycles. The maximum absolute atomic E-state index is 11.0. The Morgan fingerprint density at radius 2 is 1.42 bits per heavy atom. The summed E-state index contributed by atoms with van der Waals surface area (Å²) in [5.74, 6) is 1.39. The lowest BCUT2D eigenvalue weighted by atomic mass is 9.99. The molecule has 0 unspecified atom stereocenters. The number of likely N-dealkylation sites (tertiary alicyclic amines) is 1. The lowest BCUT2D eigenvalue weighted by Gasteiger charge is -2.43. The van der Waals surface area contributed by atoms with E-state index >= 15 is 0 Å². The molecule has 1 fully saturated rings. The molecule has 128 valence electrons. The van der Waals surface area contributed by atoms with Crippen molar-refractivity contribution >= 4 is 0 Å². The number of benzene rings is 2. The number of aliphatic hydroxyl groups is 1. The third kappa shape index (κ3) is 3.40. The molecule has 1 heterocycles. The second-order valence-corrected chi connectivity index (χ2v) is 7.78. The van der Waals surface area contributed by atoms with Crippen molar-refractivity contribution in [3.05, 3.63) is 71.8 Å². The molecule has 0 spiro atoms. The molecule has 0 aliphatic carbocycles. The summed E-state index contributed by atoms with van der Waals surface area (Å²) in [5, 5.41) is 11.0. The van der Waals surface area contributed by atoms with Crippen molar-refractivity contribution in [2.75, 3.05) is 13.1 Å². The van der Waals surface area contributed by atoms with E-state index in [-0.39, 0.29) is 6.04 Å². The molecule has 4 atom stereocenters. The Morgan fingerprint density at radius 3 is 1.96 bits per heavy atom. The van der Waals surface area contributed by atoms with Gasteiger partial charge in [0.15, 0.2) is 0 Å². The molecule has 2 aromatic carbocycles. The highest BCUT2D eigenvalue weighted by Gasteiger charge is 2.47. The van der Waals surface area contributed by atoms with Crippen molar-refractivity contribution in [1.82, 2.24) is 0 Å². The molecule has 1 aliphatic rings. The van der Waals surface area contributed by atoms with Gasteiger partial charge in [-0.15, -0.1) is 0 Å². The van der Waals surface area contributed by atoms with Gasteiger partial charge in [0.1, 0.15) is 18.7 Å². The predicted octanol–water partition coefficient (Wildman–Crippen LogP) is 4.41. The lowest BCUT2D eigenvalue weighted by Crippen LogP contribution is -2.54. The van der Waals surface area contributed by atoms with E-state index in [0.717, 1.165) is 29.7 Å². The van der Waals surface area contributed by atoms with Crippen molar-refractivity contribution in [2.45, 2.75) is 39.5 Å². The maximum Gasteiger partial charge on any atom is 0.130 e. The van der Waals surface area contributed by atoms with E-state index < -0.39 is 6.10 Å². The molecular formula is C22H30NO+. The molecule has 0 radical (unpaired) electrons. The van der Waals surface area contributed by atoms with Crippen LogP contribution in [0.4, 0.5) is 0 Å². The van der Waals surface area contributed by atoms with Crippen LogP contribution in [0.25, 0.3) is 0 Å². The van der Waals surface area contributed by atoms with Crippen molar-refractivity contribution in [3.63, 3.8) is 0 Å². The number of rotatable bonds is 5. The Bertz CT molecular complexity index is 630. The van der Waals surface area contributed by atoms with Gasteiger partial charge >= 0.3 is 0 Å². The maximum atomic E-state index is 11.0. The standard InChI is InChI=1S/C22H30NO/c1-17-14-23(15-18(17)2,16-20-10-6-4-7-11-20)19(3)22(24)21-12-8-5-9-13-21/h4-13,17-19,22,24H,14-16H2,1-3H3/q+1/t17-,18-,19-,22-/m0/s1. The first kappa shape index (κ1) is 17.2. The van der Waals surface area contributed by atoms with Gasteiger partial charge in [0.2, 0.25) is 0 Å². The fourth-order valence-electron chi connectivity index (χ4n) is 4.36. The molecule has 0 saturated carbocycles. The summed E-state index contributed by atoms with van der Waals surface area (Å²) >= 11 is 0. The number of quaternary nitrogens is 1. The highest BCUT2D eigenvalue weighted by atomic mass is 16.3. The predicted molar refractivity (Wildman–Crippen MR) is 99.3 cm³/mol. The zero-order valence-corrected chi connectivity index (χ0v) is 15.1. The summed E-state index contributed by atoms with van der Waals surface area (Å²) in [6.07, 6.45) is -0.424. The second kappa shape index (κ2) is 7.08. The molecule has 3 rings (SSSR count). The first-order valence-corrected chi connectivity index (χ1v) is 9.14. The van der Waals surface area contributed by atoms with Gasteiger partial charge in [-0.25, -0.2) is 0 Å². The van der Waals surface area contributed by atoms with Gasteiger partial charge in [-0.1, -0.05) is 74.5 Å². The molecule has 0 amide bonds. The summed E-state index contributed by atoms with van der Waals surface area (Å²) < 4.78 is 0.975. The van der Waals surface area contributed by atoms with E-state index in [1.54, 1.807) is 0 Å². The van der Waals surface area contributed by atoms with Gasteiger partial charge < -0.3 is 9.59 Å². The lowest BCUT2D eigenvalue weighted by molar-refractivity contribution is -0.957. The van der Waals surface area contributed by atoms with Crippen molar-refractivity contribution in [2.24, 2.45) is 11.8 Å². The first-order valence-electron chi connectivity index (χ1n) is 9.14. The number of hydrogen-bond donors (Lipinski definition) is 1. The smallest absolute Gasteiger partial charge is 0.130 e. The fourth-order valence-corrected chi connectivity index (χ4v) is 4.36. The van der Waals surface area contributed by atoms with Gasteiger partial charge in [-0.2, -0.15) is 0 Å². The largest absolute Gasteiger partial charge is 0.382 e. The van der Waals surface area contributed by atoms with Crippen molar-refractivity contribution in [3.8, 4) is 0 Å². The highest BCUT2D eigenvalue weighted by molar-refractivity contribution is 5.18. The summed E-state index contributed by atoms with van der Waals surface area (Å²) in [5.41, 5.74) is 2.40. The topological polar surface area (TPSA) is 20.2 Å². The van der Waals surface area contributed by atoms with Crippen LogP contribution in [-0.2, 0) is 6.54 Å². The molecule has 1 saturated heterocycles. The third-order valence-electron chi connectivity index (χ3n) is 6.08. The number of hydrogen-bond acceptors (Lipinski definition) is 1. The van der Waals surface area contributed by atoms with Crippen LogP contribution in [0.3, 0.4) is 0 Å². The minimum atomic E-state index is -0.424. The van der Waals surface area contributed by atoms with Crippen molar-refractivity contribution < 1.29 is 9.59 Å². The number of aliphatic hydroxyl groups excluding tert-OH is 1. The third-order valence-corrected chi connectivity index (χ3v) is 6.08. The fraction of sp³-hybridized carbons (Fsp3) is 0.455. The SMILES string of the molecule is C[C@H]1C[N+](Cc2ccccc2)([C@@H](C)[C@H](O)c2ccccc2)C[C@@H]1C.